The Morgan fingerprint density at radius 3 is 2.31 bits per heavy atom. The lowest BCUT2D eigenvalue weighted by Gasteiger charge is -2.22. The van der Waals surface area contributed by atoms with Gasteiger partial charge in [-0.25, -0.2) is 0 Å². The predicted molar refractivity (Wildman–Crippen MR) is 104 cm³/mol. The number of hydrogen-bond acceptors (Lipinski definition) is 4. The molecule has 7 heteroatoms. The lowest BCUT2D eigenvalue weighted by Crippen LogP contribution is -2.28. The van der Waals surface area contributed by atoms with Crippen LogP contribution in [-0.4, -0.2) is 34.2 Å². The summed E-state index contributed by atoms with van der Waals surface area (Å²) >= 11 is 5.89. The van der Waals surface area contributed by atoms with Crippen molar-refractivity contribution in [2.24, 2.45) is 0 Å². The van der Waals surface area contributed by atoms with Gasteiger partial charge >= 0.3 is 0 Å². The van der Waals surface area contributed by atoms with Crippen LogP contribution in [-0.2, 0) is 19.1 Å². The Kier molecular flexibility index (Phi) is 7.20. The molecule has 0 saturated carbocycles. The molecular formula is C19H22ClNO4S. The first-order chi connectivity index (χ1) is 12.3. The van der Waals surface area contributed by atoms with E-state index in [2.05, 4.69) is 0 Å². The second-order valence-corrected chi connectivity index (χ2v) is 8.14. The summed E-state index contributed by atoms with van der Waals surface area (Å²) in [5, 5.41) is 0.606. The lowest BCUT2D eigenvalue weighted by atomic mass is 9.92. The van der Waals surface area contributed by atoms with Crippen LogP contribution in [0.25, 0.3) is 0 Å². The Hall–Kier alpha value is -1.89. The molecule has 1 unspecified atom stereocenters. The topological polar surface area (TPSA) is 63.7 Å². The molecule has 0 aromatic heterocycles. The number of rotatable bonds is 8. The summed E-state index contributed by atoms with van der Waals surface area (Å²) in [6.07, 6.45) is 1.69. The van der Waals surface area contributed by atoms with Gasteiger partial charge in [-0.1, -0.05) is 41.9 Å². The van der Waals surface area contributed by atoms with Crippen molar-refractivity contribution in [1.29, 1.82) is 0 Å². The van der Waals surface area contributed by atoms with Gasteiger partial charge in [0.25, 0.3) is 10.1 Å². The Morgan fingerprint density at radius 2 is 1.73 bits per heavy atom. The average Bonchev–Trinajstić information content (AvgIpc) is 2.60. The van der Waals surface area contributed by atoms with E-state index in [4.69, 9.17) is 15.8 Å². The quantitative estimate of drug-likeness (QED) is 0.637. The first-order valence-electron chi connectivity index (χ1n) is 8.18. The van der Waals surface area contributed by atoms with E-state index in [0.29, 0.717) is 11.4 Å². The first-order valence-corrected chi connectivity index (χ1v) is 10.4. The minimum Gasteiger partial charge on any atom is -0.315 e. The van der Waals surface area contributed by atoms with Gasteiger partial charge in [0, 0.05) is 24.2 Å². The van der Waals surface area contributed by atoms with Crippen molar-refractivity contribution in [3.63, 3.8) is 0 Å². The smallest absolute Gasteiger partial charge is 0.264 e. The van der Waals surface area contributed by atoms with Gasteiger partial charge in [0.05, 0.1) is 12.9 Å². The minimum absolute atomic E-state index is 0.0380. The number of nitrogens with zero attached hydrogens (tertiary/aromatic N) is 1. The number of benzene rings is 2. The Morgan fingerprint density at radius 1 is 1.12 bits per heavy atom. The van der Waals surface area contributed by atoms with E-state index in [1.807, 2.05) is 30.3 Å². The second-order valence-electron chi connectivity index (χ2n) is 6.06. The summed E-state index contributed by atoms with van der Waals surface area (Å²) in [6, 6.07) is 16.6. The standard InChI is InChI=1S/C19H22ClNO4S/c1-21(18-10-8-17(20)9-11-18)19(22)14-16(12-13-25-26(2,23)24)15-6-4-3-5-7-15/h3-11,16H,12-14H2,1-2H3. The van der Waals surface area contributed by atoms with Crippen molar-refractivity contribution in [3.8, 4) is 0 Å². The molecule has 0 spiro atoms. The molecule has 0 aliphatic heterocycles. The van der Waals surface area contributed by atoms with Crippen LogP contribution in [0.2, 0.25) is 5.02 Å². The van der Waals surface area contributed by atoms with Gasteiger partial charge in [0.2, 0.25) is 5.91 Å². The third kappa shape index (κ3) is 6.44. The lowest BCUT2D eigenvalue weighted by molar-refractivity contribution is -0.118. The Balaban J connectivity index is 2.09. The van der Waals surface area contributed by atoms with E-state index < -0.39 is 10.1 Å². The number of halogens is 1. The zero-order valence-corrected chi connectivity index (χ0v) is 16.3. The van der Waals surface area contributed by atoms with Gasteiger partial charge in [-0.05, 0) is 42.2 Å². The van der Waals surface area contributed by atoms with E-state index in [0.717, 1.165) is 17.5 Å². The van der Waals surface area contributed by atoms with Crippen LogP contribution in [0.1, 0.15) is 24.3 Å². The maximum absolute atomic E-state index is 12.7. The summed E-state index contributed by atoms with van der Waals surface area (Å²) in [4.78, 5) is 14.3. The number of carbonyl (C=O) groups excluding carboxylic acids is 1. The summed E-state index contributed by atoms with van der Waals surface area (Å²) in [5.41, 5.74) is 1.72. The highest BCUT2D eigenvalue weighted by Gasteiger charge is 2.20. The normalized spacial score (nSPS) is 12.6. The predicted octanol–water partition coefficient (Wildman–Crippen LogP) is 3.84. The Labute approximate surface area is 159 Å². The minimum atomic E-state index is -3.50. The van der Waals surface area contributed by atoms with Gasteiger partial charge in [-0.15, -0.1) is 0 Å². The Bertz CT molecular complexity index is 822. The number of carbonyl (C=O) groups is 1. The zero-order valence-electron chi connectivity index (χ0n) is 14.8. The van der Waals surface area contributed by atoms with E-state index in [9.17, 15) is 13.2 Å². The molecule has 0 bridgehead atoms. The highest BCUT2D eigenvalue weighted by Crippen LogP contribution is 2.26. The average molecular weight is 396 g/mol. The third-order valence-corrected chi connectivity index (χ3v) is 4.89. The van der Waals surface area contributed by atoms with Crippen molar-refractivity contribution in [2.45, 2.75) is 18.8 Å². The monoisotopic (exact) mass is 395 g/mol. The molecule has 0 N–H and O–H groups in total. The molecule has 0 heterocycles. The summed E-state index contributed by atoms with van der Waals surface area (Å²) < 4.78 is 27.2. The fraction of sp³-hybridized carbons (Fsp3) is 0.316. The van der Waals surface area contributed by atoms with Gasteiger partial charge in [0.1, 0.15) is 0 Å². The fourth-order valence-electron chi connectivity index (χ4n) is 2.61. The number of amides is 1. The molecule has 1 amide bonds. The number of hydrogen-bond donors (Lipinski definition) is 0. The van der Waals surface area contributed by atoms with E-state index in [1.165, 1.54) is 0 Å². The van der Waals surface area contributed by atoms with Crippen molar-refractivity contribution in [3.05, 3.63) is 65.2 Å². The van der Waals surface area contributed by atoms with Crippen LogP contribution in [0.5, 0.6) is 0 Å². The third-order valence-electron chi connectivity index (χ3n) is 4.04. The maximum atomic E-state index is 12.7. The van der Waals surface area contributed by atoms with Gasteiger partial charge in [-0.2, -0.15) is 8.42 Å². The summed E-state index contributed by atoms with van der Waals surface area (Å²) in [5.74, 6) is -0.208. The molecule has 0 fully saturated rings. The molecule has 2 aromatic carbocycles. The molecule has 0 radical (unpaired) electrons. The molecule has 0 aliphatic carbocycles. The molecular weight excluding hydrogens is 374 g/mol. The van der Waals surface area contributed by atoms with E-state index in [-0.39, 0.29) is 24.9 Å². The molecule has 5 nitrogen and oxygen atoms in total. The largest absolute Gasteiger partial charge is 0.315 e. The summed E-state index contributed by atoms with van der Waals surface area (Å²) in [7, 11) is -1.79. The van der Waals surface area contributed by atoms with Crippen LogP contribution >= 0.6 is 11.6 Å². The molecule has 2 aromatic rings. The van der Waals surface area contributed by atoms with Crippen LogP contribution in [0, 0.1) is 0 Å². The molecule has 140 valence electrons. The zero-order chi connectivity index (χ0) is 19.2. The van der Waals surface area contributed by atoms with E-state index in [1.54, 1.807) is 36.2 Å². The highest BCUT2D eigenvalue weighted by molar-refractivity contribution is 7.85. The molecule has 0 aliphatic rings. The molecule has 1 atom stereocenters. The van der Waals surface area contributed by atoms with Gasteiger partial charge in [0.15, 0.2) is 0 Å². The van der Waals surface area contributed by atoms with Gasteiger partial charge < -0.3 is 4.90 Å². The maximum Gasteiger partial charge on any atom is 0.264 e. The van der Waals surface area contributed by atoms with Crippen LogP contribution in [0.15, 0.2) is 54.6 Å². The highest BCUT2D eigenvalue weighted by atomic mass is 35.5. The molecule has 26 heavy (non-hydrogen) atoms. The molecule has 2 rings (SSSR count). The molecule has 0 saturated heterocycles. The first kappa shape index (κ1) is 20.4. The van der Waals surface area contributed by atoms with Crippen LogP contribution in [0.3, 0.4) is 0 Å². The van der Waals surface area contributed by atoms with Gasteiger partial charge in [-0.3, -0.25) is 8.98 Å². The fourth-order valence-corrected chi connectivity index (χ4v) is 3.13. The van der Waals surface area contributed by atoms with Crippen LogP contribution in [0.4, 0.5) is 5.69 Å². The van der Waals surface area contributed by atoms with Crippen molar-refractivity contribution >= 4 is 33.3 Å². The van der Waals surface area contributed by atoms with Crippen LogP contribution < -0.4 is 4.90 Å². The van der Waals surface area contributed by atoms with Crippen molar-refractivity contribution in [2.75, 3.05) is 24.8 Å². The number of anilines is 1. The second kappa shape index (κ2) is 9.16. The summed E-state index contributed by atoms with van der Waals surface area (Å²) in [6.45, 7) is 0.0380. The SMILES string of the molecule is CN(C(=O)CC(CCOS(C)(=O)=O)c1ccccc1)c1ccc(Cl)cc1. The van der Waals surface area contributed by atoms with Crippen molar-refractivity contribution in [1.82, 2.24) is 0 Å². The van der Waals surface area contributed by atoms with E-state index >= 15 is 0 Å². The van der Waals surface area contributed by atoms with Crippen molar-refractivity contribution < 1.29 is 17.4 Å².